The number of nitrogens with zero attached hydrogens (tertiary/aromatic N) is 2. The SMILES string of the molecule is Cc1nn(C)c(C)c1CC(C)C(=O)NCC(C)(O)C(=O)O. The number of aliphatic carboxylic acids is 1. The van der Waals surface area contributed by atoms with Crippen molar-refractivity contribution in [3.63, 3.8) is 0 Å². The fourth-order valence-electron chi connectivity index (χ4n) is 2.02. The summed E-state index contributed by atoms with van der Waals surface area (Å²) in [5, 5.41) is 25.1. The van der Waals surface area contributed by atoms with Crippen LogP contribution in [-0.2, 0) is 23.1 Å². The molecule has 0 fully saturated rings. The highest BCUT2D eigenvalue weighted by Crippen LogP contribution is 2.17. The molecule has 2 unspecified atom stereocenters. The molecule has 0 aliphatic carbocycles. The zero-order valence-corrected chi connectivity index (χ0v) is 13.1. The maximum absolute atomic E-state index is 12.0. The van der Waals surface area contributed by atoms with Gasteiger partial charge in [0.05, 0.1) is 12.2 Å². The van der Waals surface area contributed by atoms with Crippen molar-refractivity contribution in [1.29, 1.82) is 0 Å². The van der Waals surface area contributed by atoms with Gasteiger partial charge < -0.3 is 15.5 Å². The van der Waals surface area contributed by atoms with Gasteiger partial charge in [-0.3, -0.25) is 9.48 Å². The van der Waals surface area contributed by atoms with E-state index >= 15 is 0 Å². The van der Waals surface area contributed by atoms with E-state index in [1.165, 1.54) is 0 Å². The molecule has 0 aliphatic heterocycles. The Labute approximate surface area is 124 Å². The summed E-state index contributed by atoms with van der Waals surface area (Å²) in [6, 6.07) is 0. The average molecular weight is 297 g/mol. The lowest BCUT2D eigenvalue weighted by molar-refractivity contribution is -0.156. The maximum Gasteiger partial charge on any atom is 0.337 e. The van der Waals surface area contributed by atoms with Crippen LogP contribution in [0, 0.1) is 19.8 Å². The first kappa shape index (κ1) is 17.2. The minimum Gasteiger partial charge on any atom is -0.479 e. The lowest BCUT2D eigenvalue weighted by Crippen LogP contribution is -2.47. The number of amides is 1. The number of aliphatic hydroxyl groups is 1. The molecule has 0 saturated carbocycles. The molecule has 2 atom stereocenters. The van der Waals surface area contributed by atoms with Crippen molar-refractivity contribution < 1.29 is 19.8 Å². The molecule has 0 aromatic carbocycles. The van der Waals surface area contributed by atoms with Crippen LogP contribution in [0.4, 0.5) is 0 Å². The minimum atomic E-state index is -1.96. The molecule has 0 radical (unpaired) electrons. The van der Waals surface area contributed by atoms with E-state index in [1.54, 1.807) is 11.6 Å². The lowest BCUT2D eigenvalue weighted by atomic mass is 9.98. The summed E-state index contributed by atoms with van der Waals surface area (Å²) < 4.78 is 1.77. The van der Waals surface area contributed by atoms with Crippen LogP contribution >= 0.6 is 0 Å². The van der Waals surface area contributed by atoms with Gasteiger partial charge in [0.1, 0.15) is 0 Å². The number of aromatic nitrogens is 2. The van der Waals surface area contributed by atoms with E-state index in [-0.39, 0.29) is 18.4 Å². The topological polar surface area (TPSA) is 104 Å². The van der Waals surface area contributed by atoms with E-state index in [4.69, 9.17) is 5.11 Å². The van der Waals surface area contributed by atoms with Crippen LogP contribution < -0.4 is 5.32 Å². The van der Waals surface area contributed by atoms with E-state index in [2.05, 4.69) is 10.4 Å². The largest absolute Gasteiger partial charge is 0.479 e. The number of rotatable bonds is 6. The Bertz CT molecular complexity index is 549. The van der Waals surface area contributed by atoms with Crippen LogP contribution in [0.3, 0.4) is 0 Å². The predicted molar refractivity (Wildman–Crippen MR) is 76.8 cm³/mol. The van der Waals surface area contributed by atoms with Crippen molar-refractivity contribution in [3.8, 4) is 0 Å². The van der Waals surface area contributed by atoms with E-state index in [1.807, 2.05) is 20.9 Å². The molecule has 7 nitrogen and oxygen atoms in total. The fraction of sp³-hybridized carbons (Fsp3) is 0.643. The zero-order valence-electron chi connectivity index (χ0n) is 13.1. The van der Waals surface area contributed by atoms with E-state index in [9.17, 15) is 14.7 Å². The van der Waals surface area contributed by atoms with Gasteiger partial charge in [-0.1, -0.05) is 6.92 Å². The molecular weight excluding hydrogens is 274 g/mol. The molecule has 21 heavy (non-hydrogen) atoms. The Hall–Kier alpha value is -1.89. The summed E-state index contributed by atoms with van der Waals surface area (Å²) in [7, 11) is 1.85. The molecule has 0 bridgehead atoms. The first-order chi connectivity index (χ1) is 9.56. The van der Waals surface area contributed by atoms with E-state index in [0.29, 0.717) is 6.42 Å². The number of carboxylic acid groups (broad SMARTS) is 1. The van der Waals surface area contributed by atoms with Crippen LogP contribution in [-0.4, -0.2) is 44.0 Å². The first-order valence-corrected chi connectivity index (χ1v) is 6.78. The van der Waals surface area contributed by atoms with Gasteiger partial charge in [0.15, 0.2) is 5.60 Å². The van der Waals surface area contributed by atoms with Crippen LogP contribution in [0.15, 0.2) is 0 Å². The Morgan fingerprint density at radius 2 is 2.00 bits per heavy atom. The monoisotopic (exact) mass is 297 g/mol. The van der Waals surface area contributed by atoms with E-state index < -0.39 is 11.6 Å². The Morgan fingerprint density at radius 1 is 1.43 bits per heavy atom. The van der Waals surface area contributed by atoms with Gasteiger partial charge in [-0.25, -0.2) is 4.79 Å². The molecule has 7 heteroatoms. The number of carbonyl (C=O) groups excluding carboxylic acids is 1. The highest BCUT2D eigenvalue weighted by atomic mass is 16.4. The summed E-state index contributed by atoms with van der Waals surface area (Å²) in [6.45, 7) is 6.42. The second kappa shape index (κ2) is 6.26. The average Bonchev–Trinajstić information content (AvgIpc) is 2.62. The molecule has 1 aromatic heterocycles. The Kier molecular flexibility index (Phi) is 5.11. The second-order valence-electron chi connectivity index (χ2n) is 5.67. The van der Waals surface area contributed by atoms with Crippen LogP contribution in [0.5, 0.6) is 0 Å². The minimum absolute atomic E-state index is 0.292. The van der Waals surface area contributed by atoms with Gasteiger partial charge in [-0.15, -0.1) is 0 Å². The number of aryl methyl sites for hydroxylation is 2. The Morgan fingerprint density at radius 3 is 2.43 bits per heavy atom. The molecule has 0 spiro atoms. The molecule has 1 amide bonds. The standard InChI is InChI=1S/C14H23N3O4/c1-8(6-11-9(2)16-17(5)10(11)3)12(18)15-7-14(4,21)13(19)20/h8,21H,6-7H2,1-5H3,(H,15,18)(H,19,20). The smallest absolute Gasteiger partial charge is 0.337 e. The second-order valence-corrected chi connectivity index (χ2v) is 5.67. The summed E-state index contributed by atoms with van der Waals surface area (Å²) in [5.74, 6) is -2.00. The molecule has 0 aliphatic rings. The van der Waals surface area contributed by atoms with Gasteiger partial charge in [0.2, 0.25) is 5.91 Å². The molecule has 118 valence electrons. The van der Waals surface area contributed by atoms with Crippen LogP contribution in [0.2, 0.25) is 0 Å². The molecule has 1 heterocycles. The maximum atomic E-state index is 12.0. The summed E-state index contributed by atoms with van der Waals surface area (Å²) >= 11 is 0. The number of hydrogen-bond donors (Lipinski definition) is 3. The third-order valence-electron chi connectivity index (χ3n) is 3.68. The quantitative estimate of drug-likeness (QED) is 0.694. The number of nitrogens with one attached hydrogen (secondary N) is 1. The molecule has 1 aromatic rings. The summed E-state index contributed by atoms with van der Waals surface area (Å²) in [5.41, 5.74) is 0.942. The van der Waals surface area contributed by atoms with Gasteiger partial charge in [-0.2, -0.15) is 5.10 Å². The fourth-order valence-corrected chi connectivity index (χ4v) is 2.02. The van der Waals surface area contributed by atoms with Crippen LogP contribution in [0.25, 0.3) is 0 Å². The zero-order chi connectivity index (χ0) is 16.4. The molecule has 3 N–H and O–H groups in total. The van der Waals surface area contributed by atoms with Crippen molar-refractivity contribution in [3.05, 3.63) is 17.0 Å². The van der Waals surface area contributed by atoms with Gasteiger partial charge >= 0.3 is 5.97 Å². The first-order valence-electron chi connectivity index (χ1n) is 6.78. The van der Waals surface area contributed by atoms with Crippen molar-refractivity contribution in [1.82, 2.24) is 15.1 Å². The molecule has 1 rings (SSSR count). The summed E-state index contributed by atoms with van der Waals surface area (Å²) in [6.07, 6.45) is 0.520. The lowest BCUT2D eigenvalue weighted by Gasteiger charge is -2.20. The third-order valence-corrected chi connectivity index (χ3v) is 3.68. The van der Waals surface area contributed by atoms with E-state index in [0.717, 1.165) is 23.9 Å². The predicted octanol–water partition coefficient (Wildman–Crippen LogP) is 0.167. The number of hydrogen-bond acceptors (Lipinski definition) is 4. The number of carbonyl (C=O) groups is 2. The van der Waals surface area contributed by atoms with Gasteiger partial charge in [0, 0.05) is 18.7 Å². The molecular formula is C14H23N3O4. The number of carboxylic acids is 1. The Balaban J connectivity index is 2.65. The van der Waals surface area contributed by atoms with Crippen LogP contribution in [0.1, 0.15) is 30.8 Å². The molecule has 0 saturated heterocycles. The van der Waals surface area contributed by atoms with Crippen molar-refractivity contribution in [2.24, 2.45) is 13.0 Å². The third kappa shape index (κ3) is 4.04. The van der Waals surface area contributed by atoms with Gasteiger partial charge in [0.25, 0.3) is 0 Å². The summed E-state index contributed by atoms with van der Waals surface area (Å²) in [4.78, 5) is 22.8. The van der Waals surface area contributed by atoms with Crippen molar-refractivity contribution in [2.75, 3.05) is 6.54 Å². The highest BCUT2D eigenvalue weighted by molar-refractivity contribution is 5.81. The van der Waals surface area contributed by atoms with Gasteiger partial charge in [-0.05, 0) is 32.8 Å². The normalized spacial score (nSPS) is 15.3. The van der Waals surface area contributed by atoms with Crippen molar-refractivity contribution >= 4 is 11.9 Å². The van der Waals surface area contributed by atoms with Crippen molar-refractivity contribution in [2.45, 2.75) is 39.7 Å². The highest BCUT2D eigenvalue weighted by Gasteiger charge is 2.31.